The van der Waals surface area contributed by atoms with E-state index in [0.29, 0.717) is 12.3 Å². The Hall–Kier alpha value is -1.59. The van der Waals surface area contributed by atoms with Crippen LogP contribution in [0.4, 0.5) is 5.69 Å². The molecular weight excluding hydrogens is 292 g/mol. The molecule has 0 aliphatic carbocycles. The zero-order valence-electron chi connectivity index (χ0n) is 14.1. The molecule has 2 N–H and O–H groups in total. The molecule has 0 bridgehead atoms. The molecule has 0 spiro atoms. The highest BCUT2D eigenvalue weighted by Crippen LogP contribution is 2.18. The monoisotopic (exact) mass is 320 g/mol. The number of carbonyl (C=O) groups excluding carboxylic acids is 1. The lowest BCUT2D eigenvalue weighted by atomic mass is 10.0. The molecule has 0 radical (unpaired) electrons. The quantitative estimate of drug-likeness (QED) is 0.845. The lowest BCUT2D eigenvalue weighted by Gasteiger charge is -2.23. The molecule has 5 heteroatoms. The third-order valence-corrected chi connectivity index (χ3v) is 4.20. The zero-order valence-corrected chi connectivity index (χ0v) is 14.1. The number of hydrogen-bond donors (Lipinski definition) is 2. The maximum Gasteiger partial charge on any atom is 0.221 e. The zero-order chi connectivity index (χ0) is 16.7. The summed E-state index contributed by atoms with van der Waals surface area (Å²) in [5, 5.41) is 12.9. The maximum absolute atomic E-state index is 11.0. The SMILES string of the molecule is CC(=O)Nc1ccc(OCC(O)CN2CCCC(C)CC2)cc1. The van der Waals surface area contributed by atoms with Crippen LogP contribution < -0.4 is 10.1 Å². The van der Waals surface area contributed by atoms with Gasteiger partial charge in [-0.05, 0) is 62.5 Å². The Morgan fingerprint density at radius 2 is 2.09 bits per heavy atom. The number of rotatable bonds is 6. The number of nitrogens with one attached hydrogen (secondary N) is 1. The Morgan fingerprint density at radius 3 is 2.78 bits per heavy atom. The standard InChI is InChI=1S/C18H28N2O3/c1-14-4-3-10-20(11-9-14)12-17(22)13-23-18-7-5-16(6-8-18)19-15(2)21/h5-8,14,17,22H,3-4,9-13H2,1-2H3,(H,19,21). The fourth-order valence-corrected chi connectivity index (χ4v) is 2.89. The number of amides is 1. The first-order valence-electron chi connectivity index (χ1n) is 8.44. The number of benzene rings is 1. The van der Waals surface area contributed by atoms with Crippen LogP contribution in [0.3, 0.4) is 0 Å². The van der Waals surface area contributed by atoms with E-state index in [1.165, 1.54) is 26.2 Å². The van der Waals surface area contributed by atoms with Gasteiger partial charge in [0.2, 0.25) is 5.91 Å². The van der Waals surface area contributed by atoms with Crippen molar-refractivity contribution in [2.75, 3.05) is 31.6 Å². The molecule has 1 heterocycles. The molecule has 1 aromatic rings. The van der Waals surface area contributed by atoms with Crippen LogP contribution in [-0.2, 0) is 4.79 Å². The van der Waals surface area contributed by atoms with Crippen LogP contribution in [-0.4, -0.2) is 48.3 Å². The summed E-state index contributed by atoms with van der Waals surface area (Å²) in [5.41, 5.74) is 0.740. The minimum Gasteiger partial charge on any atom is -0.491 e. The Morgan fingerprint density at radius 1 is 1.35 bits per heavy atom. The van der Waals surface area contributed by atoms with Crippen LogP contribution in [0.5, 0.6) is 5.75 Å². The number of nitrogens with zero attached hydrogens (tertiary/aromatic N) is 1. The lowest BCUT2D eigenvalue weighted by molar-refractivity contribution is -0.114. The topological polar surface area (TPSA) is 61.8 Å². The van der Waals surface area contributed by atoms with Crippen LogP contribution >= 0.6 is 0 Å². The van der Waals surface area contributed by atoms with E-state index in [9.17, 15) is 9.90 Å². The van der Waals surface area contributed by atoms with Gasteiger partial charge in [0.05, 0.1) is 0 Å². The summed E-state index contributed by atoms with van der Waals surface area (Å²) in [6, 6.07) is 7.18. The number of carbonyl (C=O) groups is 1. The molecule has 0 saturated carbocycles. The molecule has 1 aliphatic heterocycles. The van der Waals surface area contributed by atoms with E-state index in [4.69, 9.17) is 4.74 Å². The maximum atomic E-state index is 11.0. The predicted molar refractivity (Wildman–Crippen MR) is 91.7 cm³/mol. The Kier molecular flexibility index (Phi) is 6.86. The summed E-state index contributed by atoms with van der Waals surface area (Å²) in [5.74, 6) is 1.39. The number of aliphatic hydroxyl groups is 1. The Labute approximate surface area is 138 Å². The van der Waals surface area contributed by atoms with Gasteiger partial charge in [0, 0.05) is 19.2 Å². The van der Waals surface area contributed by atoms with Gasteiger partial charge < -0.3 is 20.1 Å². The first-order valence-corrected chi connectivity index (χ1v) is 8.44. The highest BCUT2D eigenvalue weighted by atomic mass is 16.5. The van der Waals surface area contributed by atoms with Crippen molar-refractivity contribution < 1.29 is 14.6 Å². The second-order valence-electron chi connectivity index (χ2n) is 6.51. The fourth-order valence-electron chi connectivity index (χ4n) is 2.89. The van der Waals surface area contributed by atoms with Crippen LogP contribution in [0.25, 0.3) is 0 Å². The average Bonchev–Trinajstić information content (AvgIpc) is 2.71. The number of hydrogen-bond acceptors (Lipinski definition) is 4. The average molecular weight is 320 g/mol. The number of anilines is 1. The summed E-state index contributed by atoms with van der Waals surface area (Å²) in [6.07, 6.45) is 3.21. The molecule has 23 heavy (non-hydrogen) atoms. The van der Waals surface area contributed by atoms with Crippen molar-refractivity contribution >= 4 is 11.6 Å². The molecular formula is C18H28N2O3. The van der Waals surface area contributed by atoms with Gasteiger partial charge in [-0.1, -0.05) is 6.92 Å². The van der Waals surface area contributed by atoms with Gasteiger partial charge in [-0.2, -0.15) is 0 Å². The van der Waals surface area contributed by atoms with Crippen molar-refractivity contribution in [2.24, 2.45) is 5.92 Å². The summed E-state index contributed by atoms with van der Waals surface area (Å²) in [4.78, 5) is 13.3. The molecule has 128 valence electrons. The highest BCUT2D eigenvalue weighted by Gasteiger charge is 2.17. The van der Waals surface area contributed by atoms with E-state index >= 15 is 0 Å². The van der Waals surface area contributed by atoms with Crippen molar-refractivity contribution in [2.45, 2.75) is 39.2 Å². The van der Waals surface area contributed by atoms with E-state index < -0.39 is 6.10 Å². The predicted octanol–water partition coefficient (Wildman–Crippen LogP) is 2.51. The molecule has 2 rings (SSSR count). The molecule has 1 saturated heterocycles. The van der Waals surface area contributed by atoms with Crippen molar-refractivity contribution in [3.63, 3.8) is 0 Å². The van der Waals surface area contributed by atoms with Crippen LogP contribution in [0.2, 0.25) is 0 Å². The summed E-state index contributed by atoms with van der Waals surface area (Å²) >= 11 is 0. The summed E-state index contributed by atoms with van der Waals surface area (Å²) in [7, 11) is 0. The van der Waals surface area contributed by atoms with E-state index in [1.807, 2.05) is 0 Å². The summed E-state index contributed by atoms with van der Waals surface area (Å²) in [6.45, 7) is 6.84. The van der Waals surface area contributed by atoms with Crippen molar-refractivity contribution in [1.29, 1.82) is 0 Å². The van der Waals surface area contributed by atoms with Gasteiger partial charge in [-0.25, -0.2) is 0 Å². The largest absolute Gasteiger partial charge is 0.491 e. The minimum atomic E-state index is -0.488. The van der Waals surface area contributed by atoms with E-state index in [1.54, 1.807) is 24.3 Å². The van der Waals surface area contributed by atoms with E-state index in [-0.39, 0.29) is 12.5 Å². The minimum absolute atomic E-state index is 0.0964. The number of aliphatic hydroxyl groups excluding tert-OH is 1. The first-order chi connectivity index (χ1) is 11.0. The number of β-amino-alcohol motifs (C(OH)–C–C–N with tert-alkyl or cyclic N) is 1. The third-order valence-electron chi connectivity index (χ3n) is 4.20. The second-order valence-corrected chi connectivity index (χ2v) is 6.51. The number of likely N-dealkylation sites (tertiary alicyclic amines) is 1. The second kappa shape index (κ2) is 8.89. The molecule has 1 aromatic carbocycles. The smallest absolute Gasteiger partial charge is 0.221 e. The molecule has 2 unspecified atom stereocenters. The molecule has 1 fully saturated rings. The van der Waals surface area contributed by atoms with Gasteiger partial charge in [0.25, 0.3) is 0 Å². The third kappa shape index (κ3) is 6.59. The Balaban J connectivity index is 1.73. The van der Waals surface area contributed by atoms with Gasteiger partial charge in [-0.15, -0.1) is 0 Å². The normalized spacial score (nSPS) is 20.6. The van der Waals surface area contributed by atoms with Crippen LogP contribution in [0.1, 0.15) is 33.1 Å². The van der Waals surface area contributed by atoms with Gasteiger partial charge in [-0.3, -0.25) is 4.79 Å². The molecule has 1 amide bonds. The van der Waals surface area contributed by atoms with Gasteiger partial charge in [0.1, 0.15) is 18.5 Å². The number of ether oxygens (including phenoxy) is 1. The van der Waals surface area contributed by atoms with Crippen molar-refractivity contribution in [3.8, 4) is 5.75 Å². The molecule has 5 nitrogen and oxygen atoms in total. The molecule has 2 atom stereocenters. The Bertz CT molecular complexity index is 490. The first kappa shape index (κ1) is 17.8. The fraction of sp³-hybridized carbons (Fsp3) is 0.611. The van der Waals surface area contributed by atoms with Crippen molar-refractivity contribution in [3.05, 3.63) is 24.3 Å². The molecule has 0 aromatic heterocycles. The van der Waals surface area contributed by atoms with Crippen LogP contribution in [0, 0.1) is 5.92 Å². The lowest BCUT2D eigenvalue weighted by Crippen LogP contribution is -2.36. The van der Waals surface area contributed by atoms with Gasteiger partial charge >= 0.3 is 0 Å². The molecule has 1 aliphatic rings. The summed E-state index contributed by atoms with van der Waals surface area (Å²) < 4.78 is 5.63. The van der Waals surface area contributed by atoms with E-state index in [0.717, 1.165) is 24.7 Å². The van der Waals surface area contributed by atoms with Crippen LogP contribution in [0.15, 0.2) is 24.3 Å². The highest BCUT2D eigenvalue weighted by molar-refractivity contribution is 5.88. The van der Waals surface area contributed by atoms with Crippen molar-refractivity contribution in [1.82, 2.24) is 4.90 Å². The van der Waals surface area contributed by atoms with E-state index in [2.05, 4.69) is 17.1 Å². The van der Waals surface area contributed by atoms with Gasteiger partial charge in [0.15, 0.2) is 0 Å².